The molecule has 0 aliphatic carbocycles. The van der Waals surface area contributed by atoms with Crippen molar-refractivity contribution in [3.63, 3.8) is 0 Å². The van der Waals surface area contributed by atoms with Crippen LogP contribution in [0.3, 0.4) is 0 Å². The number of ether oxygens (including phenoxy) is 1. The molecule has 0 unspecified atom stereocenters. The fourth-order valence-corrected chi connectivity index (χ4v) is 4.07. The highest BCUT2D eigenvalue weighted by molar-refractivity contribution is 7.19. The van der Waals surface area contributed by atoms with Gasteiger partial charge in [0, 0.05) is 22.5 Å². The Hall–Kier alpha value is -3.49. The number of halogens is 1. The number of carbonyl (C=O) groups is 1. The normalized spacial score (nSPS) is 10.8. The zero-order chi connectivity index (χ0) is 23.2. The monoisotopic (exact) mass is 479 g/mol. The van der Waals surface area contributed by atoms with Crippen LogP contribution in [0, 0.1) is 5.92 Å². The number of thiazole rings is 1. The van der Waals surface area contributed by atoms with Crippen molar-refractivity contribution in [2.75, 3.05) is 17.2 Å². The molecule has 0 atom stereocenters. The number of nitrogens with zero attached hydrogens (tertiary/aromatic N) is 3. The van der Waals surface area contributed by atoms with E-state index in [1.54, 1.807) is 18.3 Å². The van der Waals surface area contributed by atoms with Crippen LogP contribution in [-0.2, 0) is 4.74 Å². The molecule has 4 aromatic rings. The Morgan fingerprint density at radius 2 is 1.91 bits per heavy atom. The SMILES string of the molecule is CC(C)COC(=O)Nc1nc(-c2cccc(Cl)c2)c(-c2ccnc(Nc3ccccc3)n2)s1. The Balaban J connectivity index is 1.68. The number of anilines is 3. The maximum absolute atomic E-state index is 12.2. The number of amides is 1. The van der Waals surface area contributed by atoms with Crippen molar-refractivity contribution < 1.29 is 9.53 Å². The molecular weight excluding hydrogens is 458 g/mol. The van der Waals surface area contributed by atoms with Crippen molar-refractivity contribution >= 4 is 45.8 Å². The van der Waals surface area contributed by atoms with Crippen LogP contribution in [0.15, 0.2) is 66.9 Å². The van der Waals surface area contributed by atoms with Crippen LogP contribution in [0.5, 0.6) is 0 Å². The number of para-hydroxylation sites is 1. The largest absolute Gasteiger partial charge is 0.449 e. The lowest BCUT2D eigenvalue weighted by atomic mass is 10.1. The Labute approximate surface area is 200 Å². The highest BCUT2D eigenvalue weighted by Gasteiger charge is 2.19. The summed E-state index contributed by atoms with van der Waals surface area (Å²) in [6.45, 7) is 4.27. The predicted octanol–water partition coefficient (Wildman–Crippen LogP) is 6.87. The van der Waals surface area contributed by atoms with Gasteiger partial charge >= 0.3 is 6.09 Å². The summed E-state index contributed by atoms with van der Waals surface area (Å²) in [5.41, 5.74) is 3.02. The molecule has 1 amide bonds. The number of aromatic nitrogens is 3. The van der Waals surface area contributed by atoms with Crippen LogP contribution in [-0.4, -0.2) is 27.7 Å². The molecule has 2 aromatic heterocycles. The molecule has 7 nitrogen and oxygen atoms in total. The van der Waals surface area contributed by atoms with Gasteiger partial charge in [-0.05, 0) is 36.2 Å². The molecular formula is C24H22ClN5O2S. The number of hydrogen-bond acceptors (Lipinski definition) is 7. The number of nitrogens with one attached hydrogen (secondary N) is 2. The zero-order valence-electron chi connectivity index (χ0n) is 18.1. The lowest BCUT2D eigenvalue weighted by Gasteiger charge is -2.07. The number of hydrogen-bond donors (Lipinski definition) is 2. The van der Waals surface area contributed by atoms with Gasteiger partial charge in [0.15, 0.2) is 5.13 Å². The zero-order valence-corrected chi connectivity index (χ0v) is 19.7. The van der Waals surface area contributed by atoms with Crippen molar-refractivity contribution in [1.82, 2.24) is 15.0 Å². The van der Waals surface area contributed by atoms with E-state index >= 15 is 0 Å². The molecule has 9 heteroatoms. The van der Waals surface area contributed by atoms with Crippen LogP contribution in [0.4, 0.5) is 21.6 Å². The molecule has 0 radical (unpaired) electrons. The van der Waals surface area contributed by atoms with E-state index in [9.17, 15) is 4.79 Å². The second kappa shape index (κ2) is 10.4. The van der Waals surface area contributed by atoms with Crippen LogP contribution >= 0.6 is 22.9 Å². The standard InChI is InChI=1S/C24H22ClN5O2S/c1-15(2)14-32-24(31)30-23-29-20(16-7-6-8-17(25)13-16)21(33-23)19-11-12-26-22(28-19)27-18-9-4-3-5-10-18/h3-13,15H,14H2,1-2H3,(H,26,27,28)(H,29,30,31). The quantitative estimate of drug-likeness (QED) is 0.300. The fraction of sp³-hybridized carbons (Fsp3) is 0.167. The topological polar surface area (TPSA) is 89.0 Å². The molecule has 0 saturated carbocycles. The molecule has 33 heavy (non-hydrogen) atoms. The Bertz CT molecular complexity index is 1250. The van der Waals surface area contributed by atoms with Gasteiger partial charge in [-0.15, -0.1) is 0 Å². The third kappa shape index (κ3) is 6.06. The summed E-state index contributed by atoms with van der Waals surface area (Å²) in [6, 6.07) is 18.9. The second-order valence-corrected chi connectivity index (χ2v) is 9.02. The van der Waals surface area contributed by atoms with Crippen LogP contribution in [0.25, 0.3) is 21.8 Å². The Morgan fingerprint density at radius 3 is 2.67 bits per heavy atom. The van der Waals surface area contributed by atoms with Crippen LogP contribution in [0.1, 0.15) is 13.8 Å². The summed E-state index contributed by atoms with van der Waals surface area (Å²) in [6.07, 6.45) is 1.13. The van der Waals surface area contributed by atoms with Gasteiger partial charge < -0.3 is 10.1 Å². The summed E-state index contributed by atoms with van der Waals surface area (Å²) in [5.74, 6) is 0.691. The maximum atomic E-state index is 12.2. The van der Waals surface area contributed by atoms with Crippen molar-refractivity contribution in [2.24, 2.45) is 5.92 Å². The van der Waals surface area contributed by atoms with E-state index in [4.69, 9.17) is 16.3 Å². The smallest absolute Gasteiger partial charge is 0.413 e. The Morgan fingerprint density at radius 1 is 1.09 bits per heavy atom. The van der Waals surface area contributed by atoms with Crippen LogP contribution < -0.4 is 10.6 Å². The first-order chi connectivity index (χ1) is 16.0. The van der Waals surface area contributed by atoms with Gasteiger partial charge in [0.1, 0.15) is 0 Å². The van der Waals surface area contributed by atoms with Crippen molar-refractivity contribution in [2.45, 2.75) is 13.8 Å². The van der Waals surface area contributed by atoms with E-state index in [2.05, 4.69) is 25.6 Å². The summed E-state index contributed by atoms with van der Waals surface area (Å²) in [5, 5.41) is 6.92. The van der Waals surface area contributed by atoms with E-state index in [-0.39, 0.29) is 5.92 Å². The maximum Gasteiger partial charge on any atom is 0.413 e. The average molecular weight is 480 g/mol. The summed E-state index contributed by atoms with van der Waals surface area (Å²) in [7, 11) is 0. The van der Waals surface area contributed by atoms with E-state index in [0.29, 0.717) is 34.1 Å². The van der Waals surface area contributed by atoms with Gasteiger partial charge in [-0.1, -0.05) is 67.1 Å². The van der Waals surface area contributed by atoms with E-state index in [0.717, 1.165) is 16.1 Å². The van der Waals surface area contributed by atoms with E-state index < -0.39 is 6.09 Å². The average Bonchev–Trinajstić information content (AvgIpc) is 3.22. The first-order valence-electron chi connectivity index (χ1n) is 10.3. The summed E-state index contributed by atoms with van der Waals surface area (Å²) < 4.78 is 5.23. The lowest BCUT2D eigenvalue weighted by Crippen LogP contribution is -2.16. The molecule has 4 rings (SSSR count). The summed E-state index contributed by atoms with van der Waals surface area (Å²) >= 11 is 7.53. The van der Waals surface area contributed by atoms with Gasteiger partial charge in [0.05, 0.1) is 22.9 Å². The highest BCUT2D eigenvalue weighted by Crippen LogP contribution is 2.39. The third-order valence-corrected chi connectivity index (χ3v) is 5.63. The fourth-order valence-electron chi connectivity index (χ4n) is 2.94. The molecule has 0 saturated heterocycles. The van der Waals surface area contributed by atoms with Crippen LogP contribution in [0.2, 0.25) is 5.02 Å². The molecule has 2 heterocycles. The molecule has 168 valence electrons. The van der Waals surface area contributed by atoms with Gasteiger partial charge in [-0.25, -0.2) is 19.7 Å². The van der Waals surface area contributed by atoms with Crippen molar-refractivity contribution in [3.8, 4) is 21.8 Å². The van der Waals surface area contributed by atoms with E-state index in [1.807, 2.05) is 62.4 Å². The third-order valence-electron chi connectivity index (χ3n) is 4.40. The summed E-state index contributed by atoms with van der Waals surface area (Å²) in [4.78, 5) is 26.6. The molecule has 0 aliphatic rings. The molecule has 2 aromatic carbocycles. The molecule has 0 aliphatic heterocycles. The number of benzene rings is 2. The number of rotatable bonds is 7. The highest BCUT2D eigenvalue weighted by atomic mass is 35.5. The minimum atomic E-state index is -0.546. The van der Waals surface area contributed by atoms with Gasteiger partial charge in [-0.3, -0.25) is 5.32 Å². The molecule has 0 spiro atoms. The van der Waals surface area contributed by atoms with Crippen molar-refractivity contribution in [1.29, 1.82) is 0 Å². The minimum Gasteiger partial charge on any atom is -0.449 e. The number of carbonyl (C=O) groups excluding carboxylic acids is 1. The molecule has 0 fully saturated rings. The lowest BCUT2D eigenvalue weighted by molar-refractivity contribution is 0.147. The van der Waals surface area contributed by atoms with Gasteiger partial charge in [-0.2, -0.15) is 0 Å². The van der Waals surface area contributed by atoms with E-state index in [1.165, 1.54) is 11.3 Å². The first-order valence-corrected chi connectivity index (χ1v) is 11.5. The molecule has 0 bridgehead atoms. The Kier molecular flexibility index (Phi) is 7.16. The second-order valence-electron chi connectivity index (χ2n) is 7.58. The van der Waals surface area contributed by atoms with Crippen molar-refractivity contribution in [3.05, 3.63) is 71.9 Å². The predicted molar refractivity (Wildman–Crippen MR) is 133 cm³/mol. The molecule has 2 N–H and O–H groups in total. The van der Waals surface area contributed by atoms with Gasteiger partial charge in [0.2, 0.25) is 5.95 Å². The minimum absolute atomic E-state index is 0.237. The first kappa shape index (κ1) is 22.7. The van der Waals surface area contributed by atoms with Gasteiger partial charge in [0.25, 0.3) is 0 Å².